The molecule has 5 heteroatoms. The summed E-state index contributed by atoms with van der Waals surface area (Å²) in [7, 11) is 0. The monoisotopic (exact) mass is 414 g/mol. The molecule has 0 aliphatic carbocycles. The van der Waals surface area contributed by atoms with Crippen molar-refractivity contribution in [1.82, 2.24) is 0 Å². The summed E-state index contributed by atoms with van der Waals surface area (Å²) in [5.41, 5.74) is 0. The van der Waals surface area contributed by atoms with Crippen LogP contribution in [-0.4, -0.2) is 59.6 Å². The smallest absolute Gasteiger partial charge is 0.111 e. The molecule has 0 aromatic heterocycles. The van der Waals surface area contributed by atoms with Crippen molar-refractivity contribution in [3.63, 3.8) is 0 Å². The van der Waals surface area contributed by atoms with Crippen molar-refractivity contribution in [3.05, 3.63) is 12.2 Å². The Labute approximate surface area is 178 Å². The number of aliphatic hydroxyl groups excluding tert-OH is 3. The lowest BCUT2D eigenvalue weighted by Crippen LogP contribution is -2.55. The highest BCUT2D eigenvalue weighted by Gasteiger charge is 2.38. The topological polar surface area (TPSA) is 79.2 Å². The van der Waals surface area contributed by atoms with Gasteiger partial charge in [0.25, 0.3) is 0 Å². The molecule has 0 radical (unpaired) electrons. The second-order valence-corrected chi connectivity index (χ2v) is 8.38. The van der Waals surface area contributed by atoms with E-state index in [1.54, 1.807) is 0 Å². The van der Waals surface area contributed by atoms with Gasteiger partial charge >= 0.3 is 0 Å². The molecule has 0 saturated carbocycles. The summed E-state index contributed by atoms with van der Waals surface area (Å²) >= 11 is 0. The van der Waals surface area contributed by atoms with Gasteiger partial charge in [0, 0.05) is 6.61 Å². The molecule has 0 aromatic carbocycles. The Bertz CT molecular complexity index is 387. The first-order valence-corrected chi connectivity index (χ1v) is 12.1. The minimum Gasteiger partial charge on any atom is -0.394 e. The van der Waals surface area contributed by atoms with Gasteiger partial charge in [-0.05, 0) is 25.7 Å². The Morgan fingerprint density at radius 2 is 1.34 bits per heavy atom. The number of aliphatic hydroxyl groups is 3. The quantitative estimate of drug-likeness (QED) is 0.227. The molecule has 0 amide bonds. The van der Waals surface area contributed by atoms with E-state index in [9.17, 15) is 10.2 Å². The molecule has 0 aromatic rings. The molecule has 0 spiro atoms. The molecule has 1 saturated heterocycles. The maximum atomic E-state index is 10.0. The van der Waals surface area contributed by atoms with Crippen molar-refractivity contribution in [2.75, 3.05) is 19.8 Å². The fraction of sp³-hybridized carbons (Fsp3) is 0.917. The largest absolute Gasteiger partial charge is 0.394 e. The van der Waals surface area contributed by atoms with Crippen LogP contribution in [0.3, 0.4) is 0 Å². The van der Waals surface area contributed by atoms with E-state index in [2.05, 4.69) is 19.1 Å². The normalized spacial score (nSPS) is 25.1. The van der Waals surface area contributed by atoms with Crippen molar-refractivity contribution < 1.29 is 24.8 Å². The minimum absolute atomic E-state index is 0.221. The zero-order chi connectivity index (χ0) is 21.2. The van der Waals surface area contributed by atoms with Gasteiger partial charge in [-0.1, -0.05) is 83.3 Å². The van der Waals surface area contributed by atoms with Crippen LogP contribution in [0.4, 0.5) is 0 Å². The molecule has 3 N–H and O–H groups in total. The van der Waals surface area contributed by atoms with Gasteiger partial charge in [-0.15, -0.1) is 0 Å². The van der Waals surface area contributed by atoms with Crippen molar-refractivity contribution in [3.8, 4) is 0 Å². The molecule has 1 rings (SSSR count). The zero-order valence-electron chi connectivity index (χ0n) is 18.6. The van der Waals surface area contributed by atoms with E-state index >= 15 is 0 Å². The van der Waals surface area contributed by atoms with Crippen LogP contribution in [0.1, 0.15) is 96.8 Å². The Morgan fingerprint density at radius 3 is 1.93 bits per heavy atom. The number of rotatable bonds is 18. The molecule has 0 bridgehead atoms. The van der Waals surface area contributed by atoms with Crippen molar-refractivity contribution in [2.24, 2.45) is 0 Å². The number of hydrogen-bond acceptors (Lipinski definition) is 5. The summed E-state index contributed by atoms with van der Waals surface area (Å²) in [5.74, 6) is 0. The first kappa shape index (κ1) is 26.6. The summed E-state index contributed by atoms with van der Waals surface area (Å²) in [4.78, 5) is 0. The van der Waals surface area contributed by atoms with Crippen LogP contribution in [-0.2, 0) is 9.47 Å². The molecule has 172 valence electrons. The maximum absolute atomic E-state index is 10.0. The van der Waals surface area contributed by atoms with E-state index in [1.165, 1.54) is 77.0 Å². The van der Waals surface area contributed by atoms with E-state index < -0.39 is 24.4 Å². The highest BCUT2D eigenvalue weighted by atomic mass is 16.6. The fourth-order valence-corrected chi connectivity index (χ4v) is 3.76. The Morgan fingerprint density at radius 1 is 0.793 bits per heavy atom. The maximum Gasteiger partial charge on any atom is 0.111 e. The van der Waals surface area contributed by atoms with Crippen LogP contribution in [0.2, 0.25) is 0 Å². The van der Waals surface area contributed by atoms with Gasteiger partial charge in [-0.3, -0.25) is 0 Å². The number of unbranched alkanes of at least 4 members (excludes halogenated alkanes) is 12. The Kier molecular flexibility index (Phi) is 16.8. The standard InChI is InChI=1S/C24H46O5/c1-2-3-4-5-6-7-8-9-10-11-12-13-14-15-16-17-18-28-22-20-29-21(19-25)23(26)24(22)27/h4-5,21-27H,2-3,6-20H2,1H3/b5-4+/t21-,22+,23-,24-/m1/s1. The molecule has 1 heterocycles. The average molecular weight is 415 g/mol. The second kappa shape index (κ2) is 18.3. The molecule has 0 unspecified atom stereocenters. The second-order valence-electron chi connectivity index (χ2n) is 8.38. The van der Waals surface area contributed by atoms with E-state index in [0.29, 0.717) is 6.61 Å². The van der Waals surface area contributed by atoms with Gasteiger partial charge < -0.3 is 24.8 Å². The molecule has 29 heavy (non-hydrogen) atoms. The summed E-state index contributed by atoms with van der Waals surface area (Å²) in [6.45, 7) is 2.73. The summed E-state index contributed by atoms with van der Waals surface area (Å²) in [5, 5.41) is 28.9. The molecule has 5 nitrogen and oxygen atoms in total. The third-order valence-corrected chi connectivity index (χ3v) is 5.74. The van der Waals surface area contributed by atoms with Crippen molar-refractivity contribution in [2.45, 2.75) is 121 Å². The lowest BCUT2D eigenvalue weighted by molar-refractivity contribution is -0.208. The van der Waals surface area contributed by atoms with Gasteiger partial charge in [0.15, 0.2) is 0 Å². The summed E-state index contributed by atoms with van der Waals surface area (Å²) in [6.07, 6.45) is 19.2. The molecule has 1 fully saturated rings. The Hall–Kier alpha value is -0.460. The highest BCUT2D eigenvalue weighted by Crippen LogP contribution is 2.18. The third kappa shape index (κ3) is 12.7. The van der Waals surface area contributed by atoms with Crippen LogP contribution in [0, 0.1) is 0 Å². The van der Waals surface area contributed by atoms with Crippen LogP contribution < -0.4 is 0 Å². The summed E-state index contributed by atoms with van der Waals surface area (Å²) < 4.78 is 11.0. The van der Waals surface area contributed by atoms with E-state index in [4.69, 9.17) is 14.6 Å². The first-order valence-electron chi connectivity index (χ1n) is 12.1. The molecule has 4 atom stereocenters. The zero-order valence-corrected chi connectivity index (χ0v) is 18.6. The van der Waals surface area contributed by atoms with Crippen LogP contribution in [0.5, 0.6) is 0 Å². The molecule has 1 aliphatic rings. The lowest BCUT2D eigenvalue weighted by Gasteiger charge is -2.36. The van der Waals surface area contributed by atoms with Crippen molar-refractivity contribution in [1.29, 1.82) is 0 Å². The van der Waals surface area contributed by atoms with E-state index in [1.807, 2.05) is 0 Å². The van der Waals surface area contributed by atoms with E-state index in [0.717, 1.165) is 12.8 Å². The number of ether oxygens (including phenoxy) is 2. The van der Waals surface area contributed by atoms with Gasteiger partial charge in [-0.2, -0.15) is 0 Å². The van der Waals surface area contributed by atoms with Gasteiger partial charge in [0.1, 0.15) is 24.4 Å². The summed E-state index contributed by atoms with van der Waals surface area (Å²) in [6, 6.07) is 0. The number of allylic oxidation sites excluding steroid dienone is 2. The highest BCUT2D eigenvalue weighted by molar-refractivity contribution is 4.87. The van der Waals surface area contributed by atoms with Crippen LogP contribution in [0.25, 0.3) is 0 Å². The van der Waals surface area contributed by atoms with Crippen LogP contribution in [0.15, 0.2) is 12.2 Å². The molecular formula is C24H46O5. The van der Waals surface area contributed by atoms with Crippen LogP contribution >= 0.6 is 0 Å². The third-order valence-electron chi connectivity index (χ3n) is 5.74. The Balaban J connectivity index is 1.81. The molecule has 1 aliphatic heterocycles. The molecular weight excluding hydrogens is 368 g/mol. The predicted molar refractivity (Wildman–Crippen MR) is 118 cm³/mol. The average Bonchev–Trinajstić information content (AvgIpc) is 2.73. The first-order chi connectivity index (χ1) is 14.2. The van der Waals surface area contributed by atoms with Gasteiger partial charge in [-0.25, -0.2) is 0 Å². The fourth-order valence-electron chi connectivity index (χ4n) is 3.76. The van der Waals surface area contributed by atoms with Crippen molar-refractivity contribution >= 4 is 0 Å². The SMILES string of the molecule is CCC/C=C/CCCCCCCCCCCCCO[C@H]1CO[C@H](CO)[C@@H](O)[C@@H]1O. The number of hydrogen-bond donors (Lipinski definition) is 3. The van der Waals surface area contributed by atoms with Gasteiger partial charge in [0.05, 0.1) is 13.2 Å². The lowest BCUT2D eigenvalue weighted by atomic mass is 10.0. The van der Waals surface area contributed by atoms with Gasteiger partial charge in [0.2, 0.25) is 0 Å². The van der Waals surface area contributed by atoms with E-state index in [-0.39, 0.29) is 13.2 Å². The minimum atomic E-state index is -1.08. The predicted octanol–water partition coefficient (Wildman–Crippen LogP) is 4.52.